The number of carboxylic acid groups (broad SMARTS) is 1. The van der Waals surface area contributed by atoms with Gasteiger partial charge in [0, 0.05) is 18.0 Å². The number of carboxylic acids is 1. The van der Waals surface area contributed by atoms with E-state index in [-0.39, 0.29) is 32.7 Å². The number of carbonyl (C=O) groups excluding carboxylic acids is 1. The molecule has 0 fully saturated rings. The Morgan fingerprint density at radius 3 is 2.30 bits per heavy atom. The third-order valence-corrected chi connectivity index (χ3v) is 8.11. The van der Waals surface area contributed by atoms with E-state index in [4.69, 9.17) is 23.2 Å². The van der Waals surface area contributed by atoms with Crippen molar-refractivity contribution >= 4 is 64.4 Å². The maximum absolute atomic E-state index is 12.9. The normalized spacial score (nSPS) is 13.3. The quantitative estimate of drug-likeness (QED) is 0.277. The molecule has 0 saturated carbocycles. The molecule has 4 N–H and O–H groups in total. The van der Waals surface area contributed by atoms with Crippen LogP contribution < -0.4 is 10.6 Å². The highest BCUT2D eigenvalue weighted by molar-refractivity contribution is 7.90. The van der Waals surface area contributed by atoms with Crippen molar-refractivity contribution in [3.63, 3.8) is 0 Å². The van der Waals surface area contributed by atoms with Gasteiger partial charge in [-0.05, 0) is 53.3 Å². The molecule has 0 aliphatic rings. The molecule has 0 aliphatic carbocycles. The highest BCUT2D eigenvalue weighted by atomic mass is 35.5. The van der Waals surface area contributed by atoms with Gasteiger partial charge in [-0.2, -0.15) is 0 Å². The van der Waals surface area contributed by atoms with Crippen molar-refractivity contribution in [3.8, 4) is 5.75 Å². The van der Waals surface area contributed by atoms with Crippen LogP contribution in [0, 0.1) is 0 Å². The second-order valence-electron chi connectivity index (χ2n) is 8.03. The van der Waals surface area contributed by atoms with Crippen molar-refractivity contribution in [2.24, 2.45) is 0 Å². The zero-order valence-corrected chi connectivity index (χ0v) is 22.5. The van der Waals surface area contributed by atoms with Crippen LogP contribution in [0.4, 0.5) is 0 Å². The average molecular weight is 582 g/mol. The fourth-order valence-corrected chi connectivity index (χ4v) is 5.71. The molecule has 0 bridgehead atoms. The molecular weight excluding hydrogens is 560 g/mol. The van der Waals surface area contributed by atoms with E-state index in [0.717, 1.165) is 6.26 Å². The Kier molecular flexibility index (Phi) is 9.34. The summed E-state index contributed by atoms with van der Waals surface area (Å²) in [5.41, 5.74) is 0.761. The number of hydrogen-bond donors (Lipinski definition) is 4. The minimum atomic E-state index is -3.49. The van der Waals surface area contributed by atoms with Crippen molar-refractivity contribution in [2.45, 2.75) is 17.4 Å². The van der Waals surface area contributed by atoms with Crippen molar-refractivity contribution in [2.75, 3.05) is 6.26 Å². The molecule has 12 heteroatoms. The minimum Gasteiger partial charge on any atom is -0.508 e. The summed E-state index contributed by atoms with van der Waals surface area (Å²) >= 11 is 12.6. The highest BCUT2D eigenvalue weighted by Gasteiger charge is 2.24. The molecule has 0 radical (unpaired) electrons. The molecule has 0 spiro atoms. The molecule has 0 saturated heterocycles. The molecule has 2 atom stereocenters. The van der Waals surface area contributed by atoms with Crippen LogP contribution in [0.25, 0.3) is 6.08 Å². The van der Waals surface area contributed by atoms with Gasteiger partial charge in [0.05, 0.1) is 28.7 Å². The Hall–Kier alpha value is -2.94. The summed E-state index contributed by atoms with van der Waals surface area (Å²) in [6.07, 6.45) is 2.43. The molecule has 0 aromatic heterocycles. The van der Waals surface area contributed by atoms with Gasteiger partial charge < -0.3 is 20.4 Å². The number of halogens is 2. The topological polar surface area (TPSA) is 141 Å². The standard InChI is InChI=1S/C25H22Cl2NO7PS/c1-37(34,35)19-7-2-4-15(10-19)13-22(25(31)32)28-24(30)23-20(26)11-16(12-21(23)27)8-9-36(33)18-6-3-5-17(29)14-18/h2-12,14,22,29,33H,13H2,1H3,(H,28,30)(H,31,32)/b9-8+. The van der Waals surface area contributed by atoms with Gasteiger partial charge in [-0.3, -0.25) is 4.79 Å². The molecule has 0 aliphatic heterocycles. The number of benzene rings is 3. The highest BCUT2D eigenvalue weighted by Crippen LogP contribution is 2.34. The maximum Gasteiger partial charge on any atom is 0.326 e. The summed E-state index contributed by atoms with van der Waals surface area (Å²) in [4.78, 5) is 35.1. The van der Waals surface area contributed by atoms with E-state index in [1.54, 1.807) is 24.3 Å². The number of carbonyl (C=O) groups is 2. The number of phenolic OH excluding ortho intramolecular Hbond substituents is 1. The van der Waals surface area contributed by atoms with Crippen LogP contribution in [0.3, 0.4) is 0 Å². The zero-order chi connectivity index (χ0) is 27.3. The van der Waals surface area contributed by atoms with Crippen LogP contribution in [0.2, 0.25) is 10.0 Å². The summed E-state index contributed by atoms with van der Waals surface area (Å²) < 4.78 is 23.6. The van der Waals surface area contributed by atoms with Crippen LogP contribution in [-0.2, 0) is 21.1 Å². The summed E-state index contributed by atoms with van der Waals surface area (Å²) in [7, 11) is -5.21. The first-order valence-corrected chi connectivity index (χ1v) is 14.6. The van der Waals surface area contributed by atoms with Crippen molar-refractivity contribution < 1.29 is 33.1 Å². The predicted molar refractivity (Wildman–Crippen MR) is 145 cm³/mol. The van der Waals surface area contributed by atoms with E-state index in [1.807, 2.05) is 0 Å². The second kappa shape index (κ2) is 12.1. The van der Waals surface area contributed by atoms with Crippen molar-refractivity contribution in [1.82, 2.24) is 5.32 Å². The number of phenols is 1. The third-order valence-electron chi connectivity index (χ3n) is 5.16. The SMILES string of the molecule is CS(=O)(=O)c1cccc(CC(NC(=O)c2c(Cl)cc(/C=C/P(O)c3cccc(O)c3)cc2Cl)C(=O)O)c1. The maximum atomic E-state index is 12.9. The van der Waals surface area contributed by atoms with Crippen LogP contribution in [0.5, 0.6) is 5.75 Å². The fraction of sp³-hybridized carbons (Fsp3) is 0.120. The number of nitrogens with one attached hydrogen (secondary N) is 1. The fourth-order valence-electron chi connectivity index (χ4n) is 3.35. The molecule has 2 unspecified atom stereocenters. The van der Waals surface area contributed by atoms with E-state index < -0.39 is 35.9 Å². The summed E-state index contributed by atoms with van der Waals surface area (Å²) in [6.45, 7) is 0. The molecular formula is C25H22Cl2NO7PS. The monoisotopic (exact) mass is 581 g/mol. The van der Waals surface area contributed by atoms with Gasteiger partial charge >= 0.3 is 5.97 Å². The zero-order valence-electron chi connectivity index (χ0n) is 19.3. The molecule has 194 valence electrons. The Balaban J connectivity index is 1.78. The predicted octanol–water partition coefficient (Wildman–Crippen LogP) is 4.21. The Morgan fingerprint density at radius 1 is 1.05 bits per heavy atom. The van der Waals surface area contributed by atoms with E-state index in [1.165, 1.54) is 48.3 Å². The van der Waals surface area contributed by atoms with Crippen LogP contribution in [0.1, 0.15) is 21.5 Å². The number of aliphatic carboxylic acids is 1. The summed E-state index contributed by atoms with van der Waals surface area (Å²) in [5, 5.41) is 22.0. The molecule has 8 nitrogen and oxygen atoms in total. The van der Waals surface area contributed by atoms with Gasteiger partial charge in [0.25, 0.3) is 5.91 Å². The van der Waals surface area contributed by atoms with Gasteiger partial charge in [0.1, 0.15) is 11.8 Å². The van der Waals surface area contributed by atoms with Gasteiger partial charge in [-0.1, -0.05) is 53.5 Å². The Bertz CT molecular complexity index is 1450. The second-order valence-corrected chi connectivity index (χ2v) is 12.4. The van der Waals surface area contributed by atoms with Gasteiger partial charge in [-0.25, -0.2) is 13.2 Å². The smallest absolute Gasteiger partial charge is 0.326 e. The number of hydrogen-bond acceptors (Lipinski definition) is 6. The Morgan fingerprint density at radius 2 is 1.70 bits per heavy atom. The number of sulfone groups is 1. The van der Waals surface area contributed by atoms with E-state index >= 15 is 0 Å². The van der Waals surface area contributed by atoms with Gasteiger partial charge in [-0.15, -0.1) is 0 Å². The summed E-state index contributed by atoms with van der Waals surface area (Å²) in [5.74, 6) is -0.608. The largest absolute Gasteiger partial charge is 0.508 e. The first kappa shape index (κ1) is 28.6. The lowest BCUT2D eigenvalue weighted by atomic mass is 10.0. The first-order valence-electron chi connectivity index (χ1n) is 10.6. The molecule has 3 aromatic carbocycles. The lowest BCUT2D eigenvalue weighted by Gasteiger charge is -2.16. The van der Waals surface area contributed by atoms with Gasteiger partial charge in [0.2, 0.25) is 0 Å². The van der Waals surface area contributed by atoms with Crippen LogP contribution in [-0.4, -0.2) is 47.7 Å². The molecule has 0 heterocycles. The van der Waals surface area contributed by atoms with Crippen LogP contribution in [0.15, 0.2) is 71.4 Å². The van der Waals surface area contributed by atoms with Crippen molar-refractivity contribution in [3.05, 3.63) is 93.2 Å². The minimum absolute atomic E-state index is 0.0247. The summed E-state index contributed by atoms with van der Waals surface area (Å²) in [6, 6.07) is 13.5. The number of rotatable bonds is 9. The van der Waals surface area contributed by atoms with E-state index in [9.17, 15) is 33.1 Å². The average Bonchev–Trinajstić information content (AvgIpc) is 2.81. The first-order chi connectivity index (χ1) is 17.3. The molecule has 1 amide bonds. The number of aromatic hydroxyl groups is 1. The number of amides is 1. The van der Waals surface area contributed by atoms with Gasteiger partial charge in [0.15, 0.2) is 9.84 Å². The third kappa shape index (κ3) is 7.77. The lowest BCUT2D eigenvalue weighted by Crippen LogP contribution is -2.42. The molecule has 37 heavy (non-hydrogen) atoms. The molecule has 3 rings (SSSR count). The lowest BCUT2D eigenvalue weighted by molar-refractivity contribution is -0.139. The molecule has 3 aromatic rings. The van der Waals surface area contributed by atoms with Crippen molar-refractivity contribution in [1.29, 1.82) is 0 Å². The van der Waals surface area contributed by atoms with Crippen LogP contribution >= 0.6 is 31.4 Å². The van der Waals surface area contributed by atoms with E-state index in [2.05, 4.69) is 5.32 Å². The van der Waals surface area contributed by atoms with E-state index in [0.29, 0.717) is 16.4 Å². The Labute approximate surface area is 224 Å².